The first-order valence-electron chi connectivity index (χ1n) is 16.0. The fourth-order valence-electron chi connectivity index (χ4n) is 8.46. The van der Waals surface area contributed by atoms with E-state index >= 15 is 0 Å². The Morgan fingerprint density at radius 2 is 2.05 bits per heavy atom. The molecule has 3 aliphatic heterocycles. The molecule has 0 amide bonds. The average Bonchev–Trinajstić information content (AvgIpc) is 3.73. The van der Waals surface area contributed by atoms with Crippen molar-refractivity contribution in [3.8, 4) is 23.5 Å². The third kappa shape index (κ3) is 4.42. The molecule has 11 nitrogen and oxygen atoms in total. The van der Waals surface area contributed by atoms with Crippen molar-refractivity contribution in [3.05, 3.63) is 33.3 Å². The number of ether oxygens (including phenoxy) is 2. The number of aromatic nitrogens is 3. The number of nitrogens with two attached hydrogens (primary N) is 1. The molecular formula is C32H40N8O3S. The number of likely N-dealkylation sites (N-methyl/N-ethyl adjacent to an activating group) is 1. The Hall–Kier alpha value is -3.24. The third-order valence-corrected chi connectivity index (χ3v) is 11.7. The molecule has 0 radical (unpaired) electrons. The molecule has 2 spiro atoms. The zero-order valence-electron chi connectivity index (χ0n) is 25.5. The molecule has 2 aliphatic carbocycles. The molecule has 6 heterocycles. The highest BCUT2D eigenvalue weighted by atomic mass is 32.1. The van der Waals surface area contributed by atoms with Crippen LogP contribution in [0, 0.1) is 11.3 Å². The van der Waals surface area contributed by atoms with Gasteiger partial charge in [0, 0.05) is 47.6 Å². The van der Waals surface area contributed by atoms with Gasteiger partial charge in [0.2, 0.25) is 17.5 Å². The molecule has 3 atom stereocenters. The van der Waals surface area contributed by atoms with Gasteiger partial charge in [-0.05, 0) is 77.4 Å². The number of nitriles is 1. The summed E-state index contributed by atoms with van der Waals surface area (Å²) < 4.78 is 18.4. The second kappa shape index (κ2) is 10.7. The van der Waals surface area contributed by atoms with Crippen molar-refractivity contribution in [1.29, 1.82) is 5.26 Å². The van der Waals surface area contributed by atoms with Crippen molar-refractivity contribution in [1.82, 2.24) is 25.3 Å². The Morgan fingerprint density at radius 1 is 1.20 bits per heavy atom. The van der Waals surface area contributed by atoms with Crippen LogP contribution < -0.4 is 20.7 Å². The Bertz CT molecular complexity index is 1620. The molecule has 232 valence electrons. The van der Waals surface area contributed by atoms with E-state index in [1.165, 1.54) is 11.3 Å². The lowest BCUT2D eigenvalue weighted by molar-refractivity contribution is -0.0743. The second-order valence-electron chi connectivity index (χ2n) is 13.4. The van der Waals surface area contributed by atoms with Crippen LogP contribution in [0.4, 0.5) is 10.8 Å². The minimum absolute atomic E-state index is 0.0199. The summed E-state index contributed by atoms with van der Waals surface area (Å²) in [5.41, 5.74) is 9.64. The van der Waals surface area contributed by atoms with Gasteiger partial charge in [0.1, 0.15) is 23.0 Å². The lowest BCUT2D eigenvalue weighted by atomic mass is 9.62. The molecule has 44 heavy (non-hydrogen) atoms. The summed E-state index contributed by atoms with van der Waals surface area (Å²) in [4.78, 5) is 16.0. The number of rotatable bonds is 5. The van der Waals surface area contributed by atoms with E-state index in [1.54, 1.807) is 11.3 Å². The first-order chi connectivity index (χ1) is 21.4. The zero-order valence-corrected chi connectivity index (χ0v) is 26.3. The summed E-state index contributed by atoms with van der Waals surface area (Å²) in [5.74, 6) is 2.51. The van der Waals surface area contributed by atoms with Gasteiger partial charge in [-0.15, -0.1) is 11.3 Å². The molecule has 0 unspecified atom stereocenters. The van der Waals surface area contributed by atoms with Gasteiger partial charge >= 0.3 is 0 Å². The van der Waals surface area contributed by atoms with E-state index in [-0.39, 0.29) is 17.1 Å². The maximum Gasteiger partial charge on any atom is 0.219 e. The summed E-state index contributed by atoms with van der Waals surface area (Å²) in [6, 6.07) is 4.75. The highest BCUT2D eigenvalue weighted by Gasteiger charge is 2.48. The van der Waals surface area contributed by atoms with Gasteiger partial charge in [0.25, 0.3) is 0 Å². The predicted octanol–water partition coefficient (Wildman–Crippen LogP) is 3.65. The lowest BCUT2D eigenvalue weighted by Gasteiger charge is -2.49. The van der Waals surface area contributed by atoms with E-state index in [9.17, 15) is 5.26 Å². The molecule has 3 saturated heterocycles. The molecule has 0 saturated carbocycles. The van der Waals surface area contributed by atoms with Gasteiger partial charge in [-0.1, -0.05) is 5.16 Å². The van der Waals surface area contributed by atoms with Gasteiger partial charge < -0.3 is 29.9 Å². The summed E-state index contributed by atoms with van der Waals surface area (Å²) in [7, 11) is 2.17. The first kappa shape index (κ1) is 28.2. The van der Waals surface area contributed by atoms with Crippen LogP contribution in [0.5, 0.6) is 5.88 Å². The number of likely N-dealkylation sites (tertiary alicyclic amines) is 1. The molecule has 3 N–H and O–H groups in total. The van der Waals surface area contributed by atoms with E-state index in [0.29, 0.717) is 47.3 Å². The minimum atomic E-state index is -0.365. The van der Waals surface area contributed by atoms with E-state index in [4.69, 9.17) is 34.9 Å². The number of aryl methyl sites for hydroxylation is 1. The van der Waals surface area contributed by atoms with Crippen molar-refractivity contribution < 1.29 is 14.0 Å². The molecule has 5 aliphatic rings. The molecule has 0 bridgehead atoms. The number of nitrogens with one attached hydrogen (secondary N) is 1. The summed E-state index contributed by atoms with van der Waals surface area (Å²) in [5, 5.41) is 19.1. The normalized spacial score (nSPS) is 26.7. The number of hydrogen-bond donors (Lipinski definition) is 2. The third-order valence-electron chi connectivity index (χ3n) is 10.7. The number of hydrogen-bond acceptors (Lipinski definition) is 12. The summed E-state index contributed by atoms with van der Waals surface area (Å²) in [6.07, 6.45) is 7.90. The number of anilines is 2. The van der Waals surface area contributed by atoms with Gasteiger partial charge in [-0.3, -0.25) is 4.90 Å². The molecule has 3 aromatic heterocycles. The Balaban J connectivity index is 1.21. The molecule has 3 aromatic rings. The second-order valence-corrected chi connectivity index (χ2v) is 14.5. The number of thiophene rings is 1. The first-order valence-corrected chi connectivity index (χ1v) is 16.9. The summed E-state index contributed by atoms with van der Waals surface area (Å²) in [6.45, 7) is 7.12. The minimum Gasteiger partial charge on any atom is -0.473 e. The van der Waals surface area contributed by atoms with E-state index in [1.807, 2.05) is 6.07 Å². The average molecular weight is 617 g/mol. The van der Waals surface area contributed by atoms with Gasteiger partial charge in [-0.25, -0.2) is 4.98 Å². The maximum atomic E-state index is 10.1. The largest absolute Gasteiger partial charge is 0.473 e. The van der Waals surface area contributed by atoms with Crippen LogP contribution >= 0.6 is 11.3 Å². The van der Waals surface area contributed by atoms with Crippen molar-refractivity contribution in [2.75, 3.05) is 57.1 Å². The van der Waals surface area contributed by atoms with Crippen LogP contribution in [-0.4, -0.2) is 84.1 Å². The monoisotopic (exact) mass is 616 g/mol. The van der Waals surface area contributed by atoms with Gasteiger partial charge in [-0.2, -0.15) is 10.2 Å². The number of piperazine rings is 1. The van der Waals surface area contributed by atoms with Crippen LogP contribution in [0.2, 0.25) is 0 Å². The Labute approximate surface area is 261 Å². The van der Waals surface area contributed by atoms with Crippen LogP contribution in [0.1, 0.15) is 72.7 Å². The van der Waals surface area contributed by atoms with Crippen molar-refractivity contribution in [2.45, 2.75) is 81.4 Å². The number of nitrogens with zero attached hydrogens (tertiary/aromatic N) is 6. The van der Waals surface area contributed by atoms with E-state index in [0.717, 1.165) is 93.8 Å². The maximum absolute atomic E-state index is 10.1. The highest BCUT2D eigenvalue weighted by Crippen LogP contribution is 2.54. The van der Waals surface area contributed by atoms with Crippen molar-refractivity contribution >= 4 is 22.2 Å². The van der Waals surface area contributed by atoms with Gasteiger partial charge in [0.15, 0.2) is 0 Å². The smallest absolute Gasteiger partial charge is 0.219 e. The Morgan fingerprint density at radius 3 is 2.80 bits per heavy atom. The molecular weight excluding hydrogens is 576 g/mol. The predicted molar refractivity (Wildman–Crippen MR) is 167 cm³/mol. The Kier molecular flexibility index (Phi) is 6.86. The molecule has 8 rings (SSSR count). The lowest BCUT2D eigenvalue weighted by Crippen LogP contribution is -2.70. The fourth-order valence-corrected chi connectivity index (χ4v) is 9.62. The van der Waals surface area contributed by atoms with E-state index < -0.39 is 0 Å². The van der Waals surface area contributed by atoms with Crippen molar-refractivity contribution in [2.24, 2.45) is 0 Å². The van der Waals surface area contributed by atoms with Crippen LogP contribution in [0.15, 0.2) is 10.6 Å². The highest BCUT2D eigenvalue weighted by molar-refractivity contribution is 7.16. The van der Waals surface area contributed by atoms with Crippen molar-refractivity contribution in [3.63, 3.8) is 0 Å². The molecule has 12 heteroatoms. The molecule has 3 fully saturated rings. The van der Waals surface area contributed by atoms with Gasteiger partial charge in [0.05, 0.1) is 30.0 Å². The van der Waals surface area contributed by atoms with Crippen LogP contribution in [-0.2, 0) is 23.0 Å². The van der Waals surface area contributed by atoms with Crippen LogP contribution in [0.25, 0.3) is 11.6 Å². The van der Waals surface area contributed by atoms with E-state index in [2.05, 4.69) is 35.2 Å². The standard InChI is InChI=1S/C32H40N8O3S/c1-19(22-7-5-12-39(22)2)42-25-14-24(40-13-11-35-31(16-40)17-41-18-31)36-30(37-25)27-20-6-3-9-32(28(20)38-43-27)10-4-8-23-26(32)21(15-33)29(34)44-23/h14,19,22,35H,3-13,16-18,34H2,1-2H3/t19-,22-,32-/m0/s1. The SMILES string of the molecule is C[C@H](Oc1cc(N2CCNC3(COC3)C2)nc(-c2onc3c2CCC[C@@]32CCCc3sc(N)c(C#N)c32)n1)[C@@H]1CCCN1C. The molecule has 0 aromatic carbocycles. The topological polar surface area (TPSA) is 139 Å². The zero-order chi connectivity index (χ0) is 30.1. The number of nitrogen functional groups attached to an aromatic ring is 1. The van der Waals surface area contributed by atoms with Crippen LogP contribution in [0.3, 0.4) is 0 Å². The fraction of sp³-hybridized carbons (Fsp3) is 0.625. The summed E-state index contributed by atoms with van der Waals surface area (Å²) >= 11 is 1.56. The number of fused-ring (bicyclic) bond motifs is 4. The quantitative estimate of drug-likeness (QED) is 0.434.